The predicted molar refractivity (Wildman–Crippen MR) is 98.6 cm³/mol. The molecule has 3 rings (SSSR count). The maximum atomic E-state index is 12.9. The average Bonchev–Trinajstić information content (AvgIpc) is 2.94. The number of aromatic hydroxyl groups is 1. The molecule has 0 atom stereocenters. The summed E-state index contributed by atoms with van der Waals surface area (Å²) in [5, 5.41) is 21.1. The van der Waals surface area contributed by atoms with Gasteiger partial charge in [-0.15, -0.1) is 0 Å². The molecule has 0 spiro atoms. The molecular formula is C17H17N3O7S. The summed E-state index contributed by atoms with van der Waals surface area (Å²) >= 11 is 0. The standard InChI is InChI=1S/C17H17N3O7S/c18-10-3-1-9(2-4-10)6-20-12-8-28(26,27)7-11(12)15(23)14(17(20)25)16(24)19-5-13(21)22/h1-4,23H,5-8,18H2,(H,19,24)(H,21,22). The molecule has 1 aromatic carbocycles. The smallest absolute Gasteiger partial charge is 0.322 e. The molecule has 1 aliphatic heterocycles. The number of nitrogens with one attached hydrogen (secondary N) is 1. The van der Waals surface area contributed by atoms with Crippen LogP contribution in [0.4, 0.5) is 5.69 Å². The molecular weight excluding hydrogens is 390 g/mol. The van der Waals surface area contributed by atoms with Gasteiger partial charge in [0.05, 0.1) is 18.1 Å². The topological polar surface area (TPSA) is 169 Å². The van der Waals surface area contributed by atoms with Crippen LogP contribution in [0.15, 0.2) is 29.1 Å². The van der Waals surface area contributed by atoms with Gasteiger partial charge in [0.1, 0.15) is 17.9 Å². The minimum Gasteiger partial charge on any atom is -0.507 e. The second-order valence-electron chi connectivity index (χ2n) is 6.39. The fourth-order valence-corrected chi connectivity index (χ4v) is 4.62. The number of aliphatic carboxylic acids is 1. The number of benzene rings is 1. The Kier molecular flexibility index (Phi) is 4.86. The van der Waals surface area contributed by atoms with Gasteiger partial charge >= 0.3 is 5.97 Å². The first-order valence-corrected chi connectivity index (χ1v) is 9.93. The number of aromatic nitrogens is 1. The summed E-state index contributed by atoms with van der Waals surface area (Å²) in [6, 6.07) is 6.51. The Labute approximate surface area is 159 Å². The third kappa shape index (κ3) is 3.69. The zero-order valence-corrected chi connectivity index (χ0v) is 15.3. The Balaban J connectivity index is 2.15. The number of fused-ring (bicyclic) bond motifs is 1. The Morgan fingerprint density at radius 2 is 1.82 bits per heavy atom. The van der Waals surface area contributed by atoms with Gasteiger partial charge < -0.3 is 25.8 Å². The normalized spacial score (nSPS) is 14.4. The number of pyridine rings is 1. The number of nitrogens with zero attached hydrogens (tertiary/aromatic N) is 1. The van der Waals surface area contributed by atoms with E-state index in [1.807, 2.05) is 5.32 Å². The van der Waals surface area contributed by atoms with Crippen molar-refractivity contribution in [3.63, 3.8) is 0 Å². The predicted octanol–water partition coefficient (Wildman–Crippen LogP) is -0.573. The number of carboxylic acid groups (broad SMARTS) is 1. The van der Waals surface area contributed by atoms with Gasteiger partial charge in [-0.1, -0.05) is 12.1 Å². The van der Waals surface area contributed by atoms with Gasteiger partial charge in [0.25, 0.3) is 11.5 Å². The maximum absolute atomic E-state index is 12.9. The van der Waals surface area contributed by atoms with E-state index in [0.717, 1.165) is 4.57 Å². The second-order valence-corrected chi connectivity index (χ2v) is 8.45. The van der Waals surface area contributed by atoms with Gasteiger partial charge in [-0.05, 0) is 17.7 Å². The zero-order chi connectivity index (χ0) is 20.6. The number of carbonyl (C=O) groups excluding carboxylic acids is 1. The lowest BCUT2D eigenvalue weighted by molar-refractivity contribution is -0.135. The highest BCUT2D eigenvalue weighted by Crippen LogP contribution is 2.33. The van der Waals surface area contributed by atoms with Crippen LogP contribution < -0.4 is 16.6 Å². The minimum absolute atomic E-state index is 0.0319. The van der Waals surface area contributed by atoms with E-state index < -0.39 is 56.6 Å². The fourth-order valence-electron chi connectivity index (χ4n) is 3.03. The molecule has 11 heteroatoms. The minimum atomic E-state index is -3.60. The highest BCUT2D eigenvalue weighted by atomic mass is 32.2. The highest BCUT2D eigenvalue weighted by Gasteiger charge is 2.35. The maximum Gasteiger partial charge on any atom is 0.322 e. The third-order valence-corrected chi connectivity index (χ3v) is 5.77. The van der Waals surface area contributed by atoms with Crippen molar-refractivity contribution in [2.75, 3.05) is 12.3 Å². The molecule has 148 valence electrons. The van der Waals surface area contributed by atoms with E-state index in [0.29, 0.717) is 11.3 Å². The van der Waals surface area contributed by atoms with Gasteiger partial charge in [-0.3, -0.25) is 14.4 Å². The van der Waals surface area contributed by atoms with E-state index in [-0.39, 0.29) is 17.8 Å². The molecule has 0 saturated heterocycles. The quantitative estimate of drug-likeness (QED) is 0.478. The number of nitrogen functional groups attached to an aromatic ring is 1. The van der Waals surface area contributed by atoms with Crippen molar-refractivity contribution >= 4 is 27.4 Å². The Bertz CT molecular complexity index is 1130. The highest BCUT2D eigenvalue weighted by molar-refractivity contribution is 7.90. The van der Waals surface area contributed by atoms with E-state index in [2.05, 4.69) is 0 Å². The summed E-state index contributed by atoms with van der Waals surface area (Å²) in [7, 11) is -3.60. The number of sulfone groups is 1. The summed E-state index contributed by atoms with van der Waals surface area (Å²) in [6.45, 7) is -0.804. The molecule has 5 N–H and O–H groups in total. The molecule has 0 radical (unpaired) electrons. The van der Waals surface area contributed by atoms with E-state index >= 15 is 0 Å². The number of carbonyl (C=O) groups is 2. The van der Waals surface area contributed by atoms with Crippen molar-refractivity contribution in [3.05, 3.63) is 57.0 Å². The molecule has 0 aliphatic carbocycles. The number of carboxylic acids is 1. The lowest BCUT2D eigenvalue weighted by Gasteiger charge is -2.16. The van der Waals surface area contributed by atoms with E-state index in [1.54, 1.807) is 24.3 Å². The number of hydrogen-bond acceptors (Lipinski definition) is 7. The van der Waals surface area contributed by atoms with Gasteiger partial charge in [0.15, 0.2) is 9.84 Å². The first-order valence-electron chi connectivity index (χ1n) is 8.11. The number of amides is 1. The summed E-state index contributed by atoms with van der Waals surface area (Å²) < 4.78 is 25.3. The molecule has 0 unspecified atom stereocenters. The SMILES string of the molecule is Nc1ccc(Cn2c3c(c(O)c(C(=O)NCC(=O)O)c2=O)CS(=O)(=O)C3)cc1. The van der Waals surface area contributed by atoms with Crippen molar-refractivity contribution in [2.24, 2.45) is 0 Å². The fraction of sp³-hybridized carbons (Fsp3) is 0.235. The number of rotatable bonds is 5. The average molecular weight is 407 g/mol. The lowest BCUT2D eigenvalue weighted by atomic mass is 10.1. The Hall–Kier alpha value is -3.34. The van der Waals surface area contributed by atoms with Crippen LogP contribution in [0.2, 0.25) is 0 Å². The summed E-state index contributed by atoms with van der Waals surface area (Å²) in [5.74, 6) is -4.13. The number of anilines is 1. The van der Waals surface area contributed by atoms with Gasteiger partial charge in [0, 0.05) is 16.9 Å². The lowest BCUT2D eigenvalue weighted by Crippen LogP contribution is -2.37. The molecule has 1 amide bonds. The van der Waals surface area contributed by atoms with Crippen molar-refractivity contribution in [2.45, 2.75) is 18.1 Å². The van der Waals surface area contributed by atoms with Crippen molar-refractivity contribution in [3.8, 4) is 5.75 Å². The summed E-state index contributed by atoms with van der Waals surface area (Å²) in [6.07, 6.45) is 0. The Morgan fingerprint density at radius 3 is 2.43 bits per heavy atom. The van der Waals surface area contributed by atoms with E-state index in [4.69, 9.17) is 10.8 Å². The van der Waals surface area contributed by atoms with E-state index in [9.17, 15) is 27.9 Å². The monoisotopic (exact) mass is 407 g/mol. The van der Waals surface area contributed by atoms with Crippen LogP contribution in [0.5, 0.6) is 5.75 Å². The Morgan fingerprint density at radius 1 is 1.18 bits per heavy atom. The van der Waals surface area contributed by atoms with E-state index in [1.165, 1.54) is 0 Å². The van der Waals surface area contributed by atoms with Crippen molar-refractivity contribution in [1.82, 2.24) is 9.88 Å². The van der Waals surface area contributed by atoms with Gasteiger partial charge in [-0.2, -0.15) is 0 Å². The first-order chi connectivity index (χ1) is 13.1. The van der Waals surface area contributed by atoms with Crippen molar-refractivity contribution in [1.29, 1.82) is 0 Å². The molecule has 0 fully saturated rings. The molecule has 2 aromatic rings. The summed E-state index contributed by atoms with van der Waals surface area (Å²) in [4.78, 5) is 35.8. The molecule has 2 heterocycles. The second kappa shape index (κ2) is 7.00. The van der Waals surface area contributed by atoms with Crippen LogP contribution in [0.1, 0.15) is 27.2 Å². The largest absolute Gasteiger partial charge is 0.507 e. The molecule has 1 aromatic heterocycles. The van der Waals surface area contributed by atoms with Gasteiger partial charge in [-0.25, -0.2) is 8.42 Å². The van der Waals surface area contributed by atoms with Crippen LogP contribution in [-0.4, -0.2) is 41.6 Å². The van der Waals surface area contributed by atoms with Crippen LogP contribution in [-0.2, 0) is 32.7 Å². The third-order valence-electron chi connectivity index (χ3n) is 4.32. The molecule has 0 bridgehead atoms. The first kappa shape index (κ1) is 19.4. The molecule has 1 aliphatic rings. The zero-order valence-electron chi connectivity index (χ0n) is 14.5. The molecule has 28 heavy (non-hydrogen) atoms. The van der Waals surface area contributed by atoms with Gasteiger partial charge in [0.2, 0.25) is 0 Å². The number of nitrogens with two attached hydrogens (primary N) is 1. The van der Waals surface area contributed by atoms with Crippen LogP contribution in [0.3, 0.4) is 0 Å². The van der Waals surface area contributed by atoms with Crippen molar-refractivity contribution < 1.29 is 28.2 Å². The molecule has 10 nitrogen and oxygen atoms in total. The molecule has 0 saturated carbocycles. The van der Waals surface area contributed by atoms with Crippen LogP contribution >= 0.6 is 0 Å². The summed E-state index contributed by atoms with van der Waals surface area (Å²) in [5.41, 5.74) is 5.25. The number of hydrogen-bond donors (Lipinski definition) is 4. The van der Waals surface area contributed by atoms with Crippen LogP contribution in [0, 0.1) is 0 Å². The van der Waals surface area contributed by atoms with Crippen LogP contribution in [0.25, 0.3) is 0 Å².